The minimum Gasteiger partial charge on any atom is -0.386 e. The van der Waals surface area contributed by atoms with Crippen molar-refractivity contribution in [2.45, 2.75) is 29.7 Å². The van der Waals surface area contributed by atoms with Crippen molar-refractivity contribution in [3.05, 3.63) is 108 Å². The molecule has 0 bridgehead atoms. The van der Waals surface area contributed by atoms with Gasteiger partial charge in [-0.3, -0.25) is 14.4 Å². The molecule has 1 unspecified atom stereocenters. The fourth-order valence-electron chi connectivity index (χ4n) is 4.03. The lowest BCUT2D eigenvalue weighted by Gasteiger charge is -2.49. The number of benzene rings is 3. The van der Waals surface area contributed by atoms with E-state index in [-0.39, 0.29) is 16.7 Å². The molecule has 4 N–H and O–H groups in total. The van der Waals surface area contributed by atoms with Crippen molar-refractivity contribution in [3.8, 4) is 0 Å². The van der Waals surface area contributed by atoms with Crippen molar-refractivity contribution < 1.29 is 39.5 Å². The highest BCUT2D eigenvalue weighted by atomic mass is 16.7. The number of aliphatic hydroxyl groups excluding tert-OH is 2. The Kier molecular flexibility index (Phi) is 6.26. The molecule has 174 valence electrons. The maximum absolute atomic E-state index is 13.3. The van der Waals surface area contributed by atoms with Gasteiger partial charge in [0, 0.05) is 16.7 Å². The van der Waals surface area contributed by atoms with Gasteiger partial charge < -0.3 is 25.2 Å². The minimum absolute atomic E-state index is 0.0342. The number of aliphatic hydroxyl groups is 4. The van der Waals surface area contributed by atoms with Crippen LogP contribution in [0.3, 0.4) is 0 Å². The van der Waals surface area contributed by atoms with Crippen LogP contribution in [0.1, 0.15) is 31.1 Å². The first kappa shape index (κ1) is 23.6. The summed E-state index contributed by atoms with van der Waals surface area (Å²) in [7, 11) is 0. The Morgan fingerprint density at radius 1 is 0.647 bits per heavy atom. The fraction of sp³-hybridized carbons (Fsp3) is 0.192. The standard InChI is InChI=1S/C26H22O8/c27-19(16-10-4-1-5-11-16)20-23(30)25(32,21(28)17-12-6-2-7-13-17)24(31)26(33,34-20)22(29)18-14-8-3-9-15-18/h1-15,20,23-24,30-33H/t20?,23-,24-,25-,26+/m1/s1. The molecule has 8 heteroatoms. The maximum atomic E-state index is 13.3. The second kappa shape index (κ2) is 9.02. The minimum atomic E-state index is -3.23. The van der Waals surface area contributed by atoms with E-state index in [0.29, 0.717) is 0 Å². The third-order valence-electron chi connectivity index (χ3n) is 5.91. The van der Waals surface area contributed by atoms with E-state index < -0.39 is 47.0 Å². The Bertz CT molecular complexity index is 1200. The van der Waals surface area contributed by atoms with Crippen LogP contribution in [0.15, 0.2) is 91.0 Å². The highest BCUT2D eigenvalue weighted by Gasteiger charge is 2.68. The molecule has 1 aliphatic heterocycles. The molecule has 34 heavy (non-hydrogen) atoms. The largest absolute Gasteiger partial charge is 0.386 e. The van der Waals surface area contributed by atoms with E-state index in [1.54, 1.807) is 30.3 Å². The van der Waals surface area contributed by atoms with Crippen molar-refractivity contribution in [1.29, 1.82) is 0 Å². The molecular formula is C26H22O8. The summed E-state index contributed by atoms with van der Waals surface area (Å²) in [5, 5.41) is 44.7. The third-order valence-corrected chi connectivity index (χ3v) is 5.91. The summed E-state index contributed by atoms with van der Waals surface area (Å²) >= 11 is 0. The molecule has 0 radical (unpaired) electrons. The molecule has 1 aliphatic rings. The van der Waals surface area contributed by atoms with Crippen LogP contribution in [-0.4, -0.2) is 67.5 Å². The molecule has 1 saturated heterocycles. The molecule has 3 aromatic rings. The topological polar surface area (TPSA) is 141 Å². The van der Waals surface area contributed by atoms with Gasteiger partial charge in [-0.2, -0.15) is 0 Å². The normalized spacial score (nSPS) is 28.8. The zero-order valence-electron chi connectivity index (χ0n) is 17.8. The Morgan fingerprint density at radius 2 is 1.06 bits per heavy atom. The van der Waals surface area contributed by atoms with Gasteiger partial charge in [0.2, 0.25) is 5.78 Å². The van der Waals surface area contributed by atoms with Gasteiger partial charge >= 0.3 is 0 Å². The first-order valence-corrected chi connectivity index (χ1v) is 10.5. The van der Waals surface area contributed by atoms with Gasteiger partial charge in [-0.15, -0.1) is 0 Å². The predicted octanol–water partition coefficient (Wildman–Crippen LogP) is 1.18. The summed E-state index contributed by atoms with van der Waals surface area (Å²) in [6.45, 7) is 0. The van der Waals surface area contributed by atoms with Crippen molar-refractivity contribution >= 4 is 17.3 Å². The van der Waals surface area contributed by atoms with E-state index in [1.165, 1.54) is 60.7 Å². The number of carbonyl (C=O) groups is 3. The predicted molar refractivity (Wildman–Crippen MR) is 119 cm³/mol. The molecule has 0 aromatic heterocycles. The molecule has 4 rings (SSSR count). The van der Waals surface area contributed by atoms with Crippen LogP contribution in [0.2, 0.25) is 0 Å². The Labute approximate surface area is 194 Å². The molecule has 3 aromatic carbocycles. The van der Waals surface area contributed by atoms with Gasteiger partial charge in [0.25, 0.3) is 5.79 Å². The number of ketones is 3. The van der Waals surface area contributed by atoms with Gasteiger partial charge in [-0.05, 0) is 0 Å². The van der Waals surface area contributed by atoms with Crippen LogP contribution >= 0.6 is 0 Å². The number of rotatable bonds is 6. The third kappa shape index (κ3) is 3.77. The first-order chi connectivity index (χ1) is 16.2. The van der Waals surface area contributed by atoms with E-state index in [0.717, 1.165) is 0 Å². The van der Waals surface area contributed by atoms with Crippen LogP contribution in [0.5, 0.6) is 0 Å². The number of ether oxygens (including phenoxy) is 1. The number of Topliss-reactive ketones (excluding diaryl/α,β-unsaturated/α-hetero) is 3. The summed E-state index contributed by atoms with van der Waals surface area (Å²) in [6, 6.07) is 22.0. The quantitative estimate of drug-likeness (QED) is 0.400. The van der Waals surface area contributed by atoms with Gasteiger partial charge in [0.15, 0.2) is 29.4 Å². The van der Waals surface area contributed by atoms with Crippen LogP contribution in [-0.2, 0) is 4.74 Å². The second-order valence-corrected chi connectivity index (χ2v) is 8.03. The van der Waals surface area contributed by atoms with Gasteiger partial charge in [-0.1, -0.05) is 91.0 Å². The van der Waals surface area contributed by atoms with Crippen LogP contribution in [0.4, 0.5) is 0 Å². The Balaban J connectivity index is 1.85. The summed E-state index contributed by atoms with van der Waals surface area (Å²) in [5.74, 6) is -6.52. The summed E-state index contributed by atoms with van der Waals surface area (Å²) in [6.07, 6.45) is -7.00. The van der Waals surface area contributed by atoms with Crippen molar-refractivity contribution in [1.82, 2.24) is 0 Å². The van der Waals surface area contributed by atoms with Gasteiger partial charge in [-0.25, -0.2) is 0 Å². The number of hydrogen-bond donors (Lipinski definition) is 4. The van der Waals surface area contributed by atoms with Crippen LogP contribution in [0, 0.1) is 0 Å². The molecule has 0 spiro atoms. The van der Waals surface area contributed by atoms with E-state index in [9.17, 15) is 34.8 Å². The van der Waals surface area contributed by atoms with Gasteiger partial charge in [0.1, 0.15) is 6.10 Å². The molecular weight excluding hydrogens is 440 g/mol. The van der Waals surface area contributed by atoms with E-state index in [1.807, 2.05) is 0 Å². The maximum Gasteiger partial charge on any atom is 0.262 e. The summed E-state index contributed by atoms with van der Waals surface area (Å²) in [4.78, 5) is 39.8. The number of carbonyl (C=O) groups excluding carboxylic acids is 3. The molecule has 0 amide bonds. The zero-order chi connectivity index (χ0) is 24.5. The average Bonchev–Trinajstić information content (AvgIpc) is 2.89. The summed E-state index contributed by atoms with van der Waals surface area (Å²) < 4.78 is 5.36. The monoisotopic (exact) mass is 462 g/mol. The van der Waals surface area contributed by atoms with Crippen LogP contribution < -0.4 is 0 Å². The molecule has 0 saturated carbocycles. The molecule has 8 nitrogen and oxygen atoms in total. The molecule has 1 heterocycles. The molecule has 1 fully saturated rings. The smallest absolute Gasteiger partial charge is 0.262 e. The first-order valence-electron chi connectivity index (χ1n) is 10.5. The Morgan fingerprint density at radius 3 is 1.53 bits per heavy atom. The lowest BCUT2D eigenvalue weighted by atomic mass is 9.72. The molecule has 5 atom stereocenters. The zero-order valence-corrected chi connectivity index (χ0v) is 17.8. The average molecular weight is 462 g/mol. The van der Waals surface area contributed by atoms with Crippen LogP contribution in [0.25, 0.3) is 0 Å². The van der Waals surface area contributed by atoms with E-state index >= 15 is 0 Å². The van der Waals surface area contributed by atoms with Crippen molar-refractivity contribution in [2.75, 3.05) is 0 Å². The summed E-state index contributed by atoms with van der Waals surface area (Å²) in [5.41, 5.74) is -3.35. The lowest BCUT2D eigenvalue weighted by molar-refractivity contribution is -0.325. The van der Waals surface area contributed by atoms with Gasteiger partial charge in [0.05, 0.1) is 0 Å². The van der Waals surface area contributed by atoms with Crippen molar-refractivity contribution in [3.63, 3.8) is 0 Å². The lowest BCUT2D eigenvalue weighted by Crippen LogP contribution is -2.77. The number of hydrogen-bond acceptors (Lipinski definition) is 8. The highest BCUT2D eigenvalue weighted by Crippen LogP contribution is 2.40. The second-order valence-electron chi connectivity index (χ2n) is 8.03. The van der Waals surface area contributed by atoms with E-state index in [2.05, 4.69) is 0 Å². The highest BCUT2D eigenvalue weighted by molar-refractivity contribution is 6.09. The Hall–Kier alpha value is -3.53. The fourth-order valence-corrected chi connectivity index (χ4v) is 4.03. The molecule has 0 aliphatic carbocycles. The van der Waals surface area contributed by atoms with E-state index in [4.69, 9.17) is 4.74 Å². The SMILES string of the molecule is O=C(c1ccccc1)C1O[C@@](O)(C(=O)c2ccccc2)[C@H](O)[C@@](O)(C(=O)c2ccccc2)[C@@H]1O. The van der Waals surface area contributed by atoms with Crippen molar-refractivity contribution in [2.24, 2.45) is 0 Å².